The molecule has 27 heavy (non-hydrogen) atoms. The summed E-state index contributed by atoms with van der Waals surface area (Å²) in [6, 6.07) is 0.390. The number of hydrogen-bond acceptors (Lipinski definition) is 3. The van der Waals surface area contributed by atoms with E-state index in [4.69, 9.17) is 0 Å². The highest BCUT2D eigenvalue weighted by Gasteiger charge is 2.54. The maximum atomic E-state index is 13.2. The van der Waals surface area contributed by atoms with E-state index in [9.17, 15) is 4.79 Å². The molecule has 1 saturated carbocycles. The van der Waals surface area contributed by atoms with Crippen LogP contribution in [0.15, 0.2) is 28.9 Å². The molecule has 5 heteroatoms. The van der Waals surface area contributed by atoms with E-state index < -0.39 is 0 Å². The number of rotatable bonds is 2. The maximum Gasteiger partial charge on any atom is 0.224 e. The highest BCUT2D eigenvalue weighted by molar-refractivity contribution is 8.01. The van der Waals surface area contributed by atoms with Crippen LogP contribution in [-0.2, 0) is 4.79 Å². The van der Waals surface area contributed by atoms with Gasteiger partial charge in [-0.1, -0.05) is 57.1 Å². The number of nitrogens with one attached hydrogen (secondary N) is 1. The second-order valence-corrected chi connectivity index (χ2v) is 9.75. The van der Waals surface area contributed by atoms with Gasteiger partial charge < -0.3 is 5.32 Å². The predicted octanol–water partition coefficient (Wildman–Crippen LogP) is 5.45. The Morgan fingerprint density at radius 3 is 2.56 bits per heavy atom. The van der Waals surface area contributed by atoms with Crippen molar-refractivity contribution in [2.75, 3.05) is 5.75 Å². The maximum absolute atomic E-state index is 13.2. The molecule has 1 spiro atoms. The normalized spacial score (nSPS) is 34.0. The second kappa shape index (κ2) is 9.65. The fourth-order valence-electron chi connectivity index (χ4n) is 5.20. The molecule has 0 bridgehead atoms. The van der Waals surface area contributed by atoms with Crippen molar-refractivity contribution in [3.05, 3.63) is 23.9 Å². The van der Waals surface area contributed by atoms with Gasteiger partial charge in [0.1, 0.15) is 0 Å². The van der Waals surface area contributed by atoms with Crippen molar-refractivity contribution in [1.82, 2.24) is 5.32 Å². The molecule has 1 N–H and O–H groups in total. The van der Waals surface area contributed by atoms with Crippen LogP contribution in [-0.4, -0.2) is 28.7 Å². The minimum atomic E-state index is 0. The first-order valence-electron chi connectivity index (χ1n) is 10.6. The Kier molecular flexibility index (Phi) is 7.49. The molecule has 0 aromatic rings. The van der Waals surface area contributed by atoms with E-state index in [0.717, 1.165) is 31.4 Å². The van der Waals surface area contributed by atoms with Crippen molar-refractivity contribution in [3.8, 4) is 0 Å². The number of nitrogens with zero attached hydrogens (tertiary/aromatic N) is 1. The first-order valence-corrected chi connectivity index (χ1v) is 11.6. The molecular weight excluding hydrogens is 376 g/mol. The Balaban J connectivity index is 0.00000210. The Bertz CT molecular complexity index is 607. The standard InChI is InChI=1S/C22H32N2OS.ClH/c25-21(24-17-10-6-4-2-1-3-5-7-11-17)18-16-26-22-14-9-8-12-20(22)23-15-13-19(18)22;/h8-9,12,15,17-19H,1-7,10-11,13-14,16H2,(H,24,25);1H. The molecule has 0 aromatic carbocycles. The van der Waals surface area contributed by atoms with Crippen LogP contribution in [0.3, 0.4) is 0 Å². The van der Waals surface area contributed by atoms with E-state index in [1.807, 2.05) is 18.0 Å². The van der Waals surface area contributed by atoms with E-state index in [1.165, 1.54) is 50.6 Å². The summed E-state index contributed by atoms with van der Waals surface area (Å²) in [6.07, 6.45) is 22.2. The van der Waals surface area contributed by atoms with Gasteiger partial charge in [-0.25, -0.2) is 0 Å². The summed E-state index contributed by atoms with van der Waals surface area (Å²) in [7, 11) is 0. The van der Waals surface area contributed by atoms with Gasteiger partial charge in [-0.05, 0) is 37.7 Å². The van der Waals surface area contributed by atoms with Crippen LogP contribution >= 0.6 is 24.2 Å². The van der Waals surface area contributed by atoms with Crippen molar-refractivity contribution >= 4 is 36.3 Å². The van der Waals surface area contributed by atoms with Crippen molar-refractivity contribution < 1.29 is 4.79 Å². The third-order valence-corrected chi connectivity index (χ3v) is 8.45. The van der Waals surface area contributed by atoms with Gasteiger partial charge in [0.25, 0.3) is 0 Å². The molecule has 2 aliphatic carbocycles. The topological polar surface area (TPSA) is 41.5 Å². The lowest BCUT2D eigenvalue weighted by molar-refractivity contribution is -0.126. The van der Waals surface area contributed by atoms with Crippen LogP contribution in [0, 0.1) is 11.8 Å². The number of thioether (sulfide) groups is 1. The fourth-order valence-corrected chi connectivity index (χ4v) is 7.02. The van der Waals surface area contributed by atoms with Crippen LogP contribution in [0.4, 0.5) is 0 Å². The third kappa shape index (κ3) is 4.48. The van der Waals surface area contributed by atoms with Crippen LogP contribution in [0.5, 0.6) is 0 Å². The number of aliphatic imine (C=N–C) groups is 1. The summed E-state index contributed by atoms with van der Waals surface area (Å²) in [5.41, 5.74) is 1.19. The molecular formula is C22H33ClN2OS. The lowest BCUT2D eigenvalue weighted by Gasteiger charge is -2.39. The van der Waals surface area contributed by atoms with Crippen molar-refractivity contribution in [2.45, 2.75) is 81.4 Å². The van der Waals surface area contributed by atoms with Crippen LogP contribution in [0.2, 0.25) is 0 Å². The molecule has 4 rings (SSSR count). The number of carbonyl (C=O) groups excluding carboxylic acids is 1. The van der Waals surface area contributed by atoms with Gasteiger partial charge in [0.2, 0.25) is 5.91 Å². The number of hydrogen-bond donors (Lipinski definition) is 1. The Morgan fingerprint density at radius 1 is 1.11 bits per heavy atom. The molecule has 3 atom stereocenters. The Morgan fingerprint density at radius 2 is 1.81 bits per heavy atom. The van der Waals surface area contributed by atoms with Crippen LogP contribution in [0.1, 0.15) is 70.6 Å². The number of halogens is 1. The molecule has 1 amide bonds. The predicted molar refractivity (Wildman–Crippen MR) is 118 cm³/mol. The molecule has 2 aliphatic heterocycles. The third-order valence-electron chi connectivity index (χ3n) is 6.73. The minimum absolute atomic E-state index is 0. The van der Waals surface area contributed by atoms with Crippen molar-refractivity contribution in [3.63, 3.8) is 0 Å². The second-order valence-electron chi connectivity index (χ2n) is 8.40. The molecule has 3 nitrogen and oxygen atoms in total. The zero-order valence-electron chi connectivity index (χ0n) is 16.2. The summed E-state index contributed by atoms with van der Waals surface area (Å²) >= 11 is 1.98. The number of amides is 1. The highest BCUT2D eigenvalue weighted by atomic mass is 35.5. The molecule has 4 aliphatic rings. The Labute approximate surface area is 174 Å². The van der Waals surface area contributed by atoms with Crippen LogP contribution in [0.25, 0.3) is 0 Å². The highest BCUT2D eigenvalue weighted by Crippen LogP contribution is 2.57. The zero-order valence-corrected chi connectivity index (χ0v) is 17.8. The van der Waals surface area contributed by atoms with Crippen molar-refractivity contribution in [2.24, 2.45) is 16.8 Å². The largest absolute Gasteiger partial charge is 0.353 e. The van der Waals surface area contributed by atoms with Gasteiger partial charge in [-0.15, -0.1) is 24.2 Å². The molecule has 0 radical (unpaired) electrons. The first-order chi connectivity index (χ1) is 12.8. The molecule has 1 saturated heterocycles. The summed E-state index contributed by atoms with van der Waals surface area (Å²) < 4.78 is 0.0574. The lowest BCUT2D eigenvalue weighted by atomic mass is 9.73. The summed E-state index contributed by atoms with van der Waals surface area (Å²) in [4.78, 5) is 17.9. The van der Waals surface area contributed by atoms with E-state index in [0.29, 0.717) is 17.9 Å². The quantitative estimate of drug-likeness (QED) is 0.659. The van der Waals surface area contributed by atoms with E-state index in [2.05, 4.69) is 28.5 Å². The number of carbonyl (C=O) groups is 1. The monoisotopic (exact) mass is 408 g/mol. The van der Waals surface area contributed by atoms with Gasteiger partial charge in [-0.2, -0.15) is 0 Å². The molecule has 2 fully saturated rings. The van der Waals surface area contributed by atoms with Gasteiger partial charge in [-0.3, -0.25) is 9.79 Å². The average Bonchev–Trinajstić information content (AvgIpc) is 3.05. The molecule has 0 aromatic heterocycles. The Hall–Kier alpha value is -0.740. The average molecular weight is 409 g/mol. The summed E-state index contributed by atoms with van der Waals surface area (Å²) in [5.74, 6) is 1.79. The van der Waals surface area contributed by atoms with E-state index in [-0.39, 0.29) is 23.1 Å². The fraction of sp³-hybridized carbons (Fsp3) is 0.727. The summed E-state index contributed by atoms with van der Waals surface area (Å²) in [6.45, 7) is 0. The van der Waals surface area contributed by atoms with Gasteiger partial charge >= 0.3 is 0 Å². The molecule has 2 heterocycles. The first kappa shape index (κ1) is 21.0. The zero-order chi connectivity index (χ0) is 17.8. The van der Waals surface area contributed by atoms with E-state index >= 15 is 0 Å². The van der Waals surface area contributed by atoms with E-state index in [1.54, 1.807) is 0 Å². The van der Waals surface area contributed by atoms with Gasteiger partial charge in [0, 0.05) is 18.0 Å². The minimum Gasteiger partial charge on any atom is -0.353 e. The lowest BCUT2D eigenvalue weighted by Crippen LogP contribution is -2.45. The van der Waals surface area contributed by atoms with Gasteiger partial charge in [0.15, 0.2) is 0 Å². The smallest absolute Gasteiger partial charge is 0.224 e. The van der Waals surface area contributed by atoms with Gasteiger partial charge in [0.05, 0.1) is 16.4 Å². The van der Waals surface area contributed by atoms with Crippen LogP contribution < -0.4 is 5.32 Å². The number of allylic oxidation sites excluding steroid dienone is 3. The van der Waals surface area contributed by atoms with Crippen molar-refractivity contribution in [1.29, 1.82) is 0 Å². The summed E-state index contributed by atoms with van der Waals surface area (Å²) in [5, 5.41) is 3.47. The SMILES string of the molecule is Cl.O=C(NC1CCCCCCCCC1)C1CSC23CC=CC=C2N=CCC13. The molecule has 3 unspecified atom stereocenters. The molecule has 150 valence electrons.